The number of hydrogen-bond donors (Lipinski definition) is 3. The molecule has 6 rings (SSSR count). The number of H-pyrrole nitrogens is 1. The molecule has 168 valence electrons. The van der Waals surface area contributed by atoms with E-state index in [1.165, 1.54) is 19.3 Å². The van der Waals surface area contributed by atoms with E-state index in [0.29, 0.717) is 34.0 Å². The van der Waals surface area contributed by atoms with Gasteiger partial charge < -0.3 is 15.4 Å². The molecule has 2 aliphatic carbocycles. The maximum atomic E-state index is 12.9. The molecule has 32 heavy (non-hydrogen) atoms. The Balaban J connectivity index is 1.25. The summed E-state index contributed by atoms with van der Waals surface area (Å²) in [6.07, 6.45) is 6.65. The standard InChI is InChI=1S/C24H29N5O2S/c1-12(23(2,3)4)27-21(30)14-10-25-20-19(14)28-15(11-26-20)16-6-7-17(32-16)22(31)29-18-8-5-13-9-24(13,18)29/h6-7,10-13,18,22,31H,5,8-9H2,1-4H3,(H,25,26)(H,27,30). The summed E-state index contributed by atoms with van der Waals surface area (Å²) in [6.45, 7) is 8.31. The number of rotatable bonds is 5. The summed E-state index contributed by atoms with van der Waals surface area (Å²) in [4.78, 5) is 29.4. The van der Waals surface area contributed by atoms with Crippen LogP contribution in [0.25, 0.3) is 21.7 Å². The first-order valence-electron chi connectivity index (χ1n) is 11.4. The first-order chi connectivity index (χ1) is 15.2. The Morgan fingerprint density at radius 1 is 1.38 bits per heavy atom. The number of fused-ring (bicyclic) bond motifs is 1. The number of aliphatic hydroxyl groups excluding tert-OH is 1. The van der Waals surface area contributed by atoms with Crippen molar-refractivity contribution < 1.29 is 9.90 Å². The summed E-state index contributed by atoms with van der Waals surface area (Å²) in [5.74, 6) is 0.646. The molecule has 3 N–H and O–H groups in total. The van der Waals surface area contributed by atoms with E-state index in [4.69, 9.17) is 4.98 Å². The fourth-order valence-electron chi connectivity index (χ4n) is 5.43. The minimum absolute atomic E-state index is 0.0138. The summed E-state index contributed by atoms with van der Waals surface area (Å²) >= 11 is 1.55. The molecule has 3 aliphatic rings. The zero-order chi connectivity index (χ0) is 22.4. The lowest BCUT2D eigenvalue weighted by atomic mass is 9.88. The van der Waals surface area contributed by atoms with Gasteiger partial charge in [0.15, 0.2) is 5.65 Å². The van der Waals surface area contributed by atoms with E-state index in [9.17, 15) is 9.90 Å². The quantitative estimate of drug-likeness (QED) is 0.508. The molecule has 3 fully saturated rings. The second-order valence-electron chi connectivity index (χ2n) is 10.7. The van der Waals surface area contributed by atoms with Gasteiger partial charge in [-0.1, -0.05) is 20.8 Å². The van der Waals surface area contributed by atoms with E-state index in [2.05, 4.69) is 41.0 Å². The minimum Gasteiger partial charge on any atom is -0.373 e. The second kappa shape index (κ2) is 6.62. The van der Waals surface area contributed by atoms with Gasteiger partial charge in [0.05, 0.1) is 22.3 Å². The highest BCUT2D eigenvalue weighted by atomic mass is 32.1. The van der Waals surface area contributed by atoms with Crippen molar-refractivity contribution in [1.82, 2.24) is 25.2 Å². The van der Waals surface area contributed by atoms with Crippen molar-refractivity contribution in [2.45, 2.75) is 70.8 Å². The number of aromatic amines is 1. The van der Waals surface area contributed by atoms with Gasteiger partial charge in [0.1, 0.15) is 11.7 Å². The maximum Gasteiger partial charge on any atom is 0.255 e. The molecule has 6 atom stereocenters. The topological polar surface area (TPSA) is 93.9 Å². The first-order valence-corrected chi connectivity index (χ1v) is 12.2. The summed E-state index contributed by atoms with van der Waals surface area (Å²) < 4.78 is 0. The van der Waals surface area contributed by atoms with Gasteiger partial charge >= 0.3 is 0 Å². The average Bonchev–Trinajstić information content (AvgIpc) is 3.32. The second-order valence-corrected chi connectivity index (χ2v) is 11.8. The summed E-state index contributed by atoms with van der Waals surface area (Å²) in [6, 6.07) is 4.57. The van der Waals surface area contributed by atoms with Gasteiger partial charge in [-0.25, -0.2) is 9.97 Å². The number of aromatic nitrogens is 3. The molecule has 4 heterocycles. The zero-order valence-corrected chi connectivity index (χ0v) is 19.7. The van der Waals surface area contributed by atoms with Crippen LogP contribution in [0.4, 0.5) is 0 Å². The smallest absolute Gasteiger partial charge is 0.255 e. The molecule has 8 heteroatoms. The number of carbonyl (C=O) groups is 1. The van der Waals surface area contributed by atoms with E-state index in [1.54, 1.807) is 23.7 Å². The van der Waals surface area contributed by atoms with Crippen molar-refractivity contribution in [3.8, 4) is 10.6 Å². The molecule has 0 radical (unpaired) electrons. The predicted molar refractivity (Wildman–Crippen MR) is 124 cm³/mol. The summed E-state index contributed by atoms with van der Waals surface area (Å²) in [5.41, 5.74) is 2.65. The lowest BCUT2D eigenvalue weighted by Gasteiger charge is -2.27. The van der Waals surface area contributed by atoms with Crippen LogP contribution in [0, 0.1) is 11.3 Å². The van der Waals surface area contributed by atoms with Gasteiger partial charge in [-0.3, -0.25) is 9.69 Å². The highest BCUT2D eigenvalue weighted by molar-refractivity contribution is 7.15. The highest BCUT2D eigenvalue weighted by Crippen LogP contribution is 2.74. The molecular formula is C24H29N5O2S. The monoisotopic (exact) mass is 451 g/mol. The number of hydrogen-bond acceptors (Lipinski definition) is 6. The van der Waals surface area contributed by atoms with Gasteiger partial charge in [-0.15, -0.1) is 11.3 Å². The molecule has 6 unspecified atom stereocenters. The molecular weight excluding hydrogens is 422 g/mol. The van der Waals surface area contributed by atoms with E-state index in [1.807, 2.05) is 19.1 Å². The third-order valence-corrected chi connectivity index (χ3v) is 9.05. The maximum absolute atomic E-state index is 12.9. The number of amides is 1. The SMILES string of the molecule is CC(NC(=O)c1c[nH]c2ncc(-c3ccc(C(O)N4C5CCC6CC654)s3)nc12)C(C)(C)C. The average molecular weight is 452 g/mol. The number of aliphatic hydroxyl groups is 1. The van der Waals surface area contributed by atoms with Gasteiger partial charge in [-0.2, -0.15) is 0 Å². The molecule has 1 spiro atoms. The number of likely N-dealkylation sites (tertiary alicyclic amines) is 1. The van der Waals surface area contributed by atoms with Gasteiger partial charge in [0, 0.05) is 28.7 Å². The van der Waals surface area contributed by atoms with E-state index < -0.39 is 6.23 Å². The van der Waals surface area contributed by atoms with Gasteiger partial charge in [-0.05, 0) is 49.7 Å². The van der Waals surface area contributed by atoms with Crippen LogP contribution in [0.5, 0.6) is 0 Å². The number of nitrogens with zero attached hydrogens (tertiary/aromatic N) is 3. The Bertz CT molecular complexity index is 1230. The molecule has 1 aliphatic heterocycles. The molecule has 0 bridgehead atoms. The van der Waals surface area contributed by atoms with Crippen molar-refractivity contribution >= 4 is 28.4 Å². The van der Waals surface area contributed by atoms with Crippen molar-refractivity contribution in [2.75, 3.05) is 0 Å². The first kappa shape index (κ1) is 20.3. The van der Waals surface area contributed by atoms with Gasteiger partial charge in [0.2, 0.25) is 0 Å². The lowest BCUT2D eigenvalue weighted by molar-refractivity contribution is 0.0597. The molecule has 0 aromatic carbocycles. The van der Waals surface area contributed by atoms with Crippen LogP contribution < -0.4 is 5.32 Å². The van der Waals surface area contributed by atoms with E-state index in [-0.39, 0.29) is 17.4 Å². The Hall–Kier alpha value is -2.29. The third-order valence-electron chi connectivity index (χ3n) is 7.90. The zero-order valence-electron chi connectivity index (χ0n) is 18.8. The van der Waals surface area contributed by atoms with E-state index >= 15 is 0 Å². The van der Waals surface area contributed by atoms with Crippen molar-refractivity contribution in [3.05, 3.63) is 35.0 Å². The largest absolute Gasteiger partial charge is 0.373 e. The normalized spacial score (nSPS) is 30.0. The molecule has 7 nitrogen and oxygen atoms in total. The Morgan fingerprint density at radius 2 is 2.19 bits per heavy atom. The number of carbonyl (C=O) groups excluding carboxylic acids is 1. The minimum atomic E-state index is -0.534. The van der Waals surface area contributed by atoms with Crippen LogP contribution in [-0.2, 0) is 0 Å². The molecule has 3 aromatic rings. The molecule has 1 saturated heterocycles. The van der Waals surface area contributed by atoms with Crippen molar-refractivity contribution in [1.29, 1.82) is 0 Å². The predicted octanol–water partition coefficient (Wildman–Crippen LogP) is 4.08. The molecule has 3 aromatic heterocycles. The van der Waals surface area contributed by atoms with E-state index in [0.717, 1.165) is 15.7 Å². The number of piperidine rings is 1. The van der Waals surface area contributed by atoms with Crippen molar-refractivity contribution in [3.63, 3.8) is 0 Å². The Labute approximate surface area is 191 Å². The fourth-order valence-corrected chi connectivity index (χ4v) is 6.38. The van der Waals surface area contributed by atoms with Crippen LogP contribution >= 0.6 is 11.3 Å². The third kappa shape index (κ3) is 2.89. The van der Waals surface area contributed by atoms with Crippen LogP contribution in [0.1, 0.15) is 68.4 Å². The lowest BCUT2D eigenvalue weighted by Crippen LogP contribution is -2.41. The summed E-state index contributed by atoms with van der Waals surface area (Å²) in [5, 5.41) is 14.0. The highest BCUT2D eigenvalue weighted by Gasteiger charge is 2.81. The Morgan fingerprint density at radius 3 is 2.88 bits per heavy atom. The summed E-state index contributed by atoms with van der Waals surface area (Å²) in [7, 11) is 0. The Kier molecular flexibility index (Phi) is 4.20. The van der Waals surface area contributed by atoms with Crippen molar-refractivity contribution in [2.24, 2.45) is 11.3 Å². The van der Waals surface area contributed by atoms with Crippen LogP contribution in [-0.4, -0.2) is 48.5 Å². The fraction of sp³-hybridized carbons (Fsp3) is 0.542. The van der Waals surface area contributed by atoms with Gasteiger partial charge in [0.25, 0.3) is 5.91 Å². The number of thiophene rings is 1. The van der Waals surface area contributed by atoms with Crippen LogP contribution in [0.3, 0.4) is 0 Å². The molecule has 2 saturated carbocycles. The molecule has 1 amide bonds. The van der Waals surface area contributed by atoms with Crippen LogP contribution in [0.2, 0.25) is 0 Å². The van der Waals surface area contributed by atoms with Crippen LogP contribution in [0.15, 0.2) is 24.5 Å². The number of nitrogens with one attached hydrogen (secondary N) is 2.